The van der Waals surface area contributed by atoms with Gasteiger partial charge in [-0.25, -0.2) is 18.7 Å². The standard InChI is InChI=1S/C19H24F2N6O2/c1-11-7-24-17(25-10-19(20,21)14-4-5-14)18(29)27(11)9-16(28)23-8-13-3-6-15(22)26-12(13)2/h3,6-7,14H,4-5,8-10H2,1-2H3,(H2,22,26)(H,23,28)(H,24,25). The molecule has 0 spiro atoms. The van der Waals surface area contributed by atoms with Crippen LogP contribution in [0.4, 0.5) is 20.4 Å². The first-order valence-corrected chi connectivity index (χ1v) is 9.34. The monoisotopic (exact) mass is 406 g/mol. The van der Waals surface area contributed by atoms with E-state index in [4.69, 9.17) is 5.73 Å². The maximum absolute atomic E-state index is 13.9. The molecule has 4 N–H and O–H groups in total. The van der Waals surface area contributed by atoms with Gasteiger partial charge < -0.3 is 16.4 Å². The highest BCUT2D eigenvalue weighted by Crippen LogP contribution is 2.43. The Morgan fingerprint density at radius 2 is 2.07 bits per heavy atom. The van der Waals surface area contributed by atoms with Gasteiger partial charge in [-0.05, 0) is 38.3 Å². The molecular weight excluding hydrogens is 382 g/mol. The summed E-state index contributed by atoms with van der Waals surface area (Å²) >= 11 is 0. The number of hydrogen-bond donors (Lipinski definition) is 3. The number of carbonyl (C=O) groups is 1. The number of pyridine rings is 1. The van der Waals surface area contributed by atoms with Gasteiger partial charge in [-0.2, -0.15) is 0 Å². The van der Waals surface area contributed by atoms with Crippen LogP contribution in [0.3, 0.4) is 0 Å². The first-order chi connectivity index (χ1) is 13.7. The zero-order valence-corrected chi connectivity index (χ0v) is 16.3. The van der Waals surface area contributed by atoms with Crippen molar-refractivity contribution in [1.29, 1.82) is 0 Å². The van der Waals surface area contributed by atoms with Gasteiger partial charge in [0.2, 0.25) is 5.91 Å². The summed E-state index contributed by atoms with van der Waals surface area (Å²) in [6.45, 7) is 2.74. The van der Waals surface area contributed by atoms with E-state index in [2.05, 4.69) is 20.6 Å². The zero-order chi connectivity index (χ0) is 21.2. The fourth-order valence-electron chi connectivity index (χ4n) is 2.93. The molecule has 0 atom stereocenters. The van der Waals surface area contributed by atoms with Crippen LogP contribution in [0.5, 0.6) is 0 Å². The molecule has 1 fully saturated rings. The lowest BCUT2D eigenvalue weighted by Gasteiger charge is -2.17. The summed E-state index contributed by atoms with van der Waals surface area (Å²) in [5, 5.41) is 5.16. The molecule has 156 valence electrons. The first kappa shape index (κ1) is 20.7. The number of hydrogen-bond acceptors (Lipinski definition) is 6. The van der Waals surface area contributed by atoms with E-state index in [1.54, 1.807) is 26.0 Å². The summed E-state index contributed by atoms with van der Waals surface area (Å²) in [5.41, 5.74) is 6.95. The minimum atomic E-state index is -2.88. The van der Waals surface area contributed by atoms with E-state index >= 15 is 0 Å². The van der Waals surface area contributed by atoms with Gasteiger partial charge in [0.1, 0.15) is 12.4 Å². The normalized spacial score (nSPS) is 13.9. The van der Waals surface area contributed by atoms with Gasteiger partial charge in [0.25, 0.3) is 11.5 Å². The highest BCUT2D eigenvalue weighted by Gasteiger charge is 2.46. The number of nitrogens with zero attached hydrogens (tertiary/aromatic N) is 3. The van der Waals surface area contributed by atoms with Crippen LogP contribution >= 0.6 is 0 Å². The number of aryl methyl sites for hydroxylation is 2. The smallest absolute Gasteiger partial charge is 0.293 e. The van der Waals surface area contributed by atoms with Gasteiger partial charge in [0, 0.05) is 30.0 Å². The fourth-order valence-corrected chi connectivity index (χ4v) is 2.93. The zero-order valence-electron chi connectivity index (χ0n) is 16.3. The molecule has 0 saturated heterocycles. The molecule has 0 unspecified atom stereocenters. The van der Waals surface area contributed by atoms with Crippen LogP contribution in [-0.2, 0) is 17.9 Å². The molecule has 1 aliphatic carbocycles. The van der Waals surface area contributed by atoms with Crippen LogP contribution in [0.1, 0.15) is 29.8 Å². The Morgan fingerprint density at radius 1 is 1.34 bits per heavy atom. The molecule has 0 radical (unpaired) electrons. The molecule has 8 nitrogen and oxygen atoms in total. The number of amides is 1. The predicted octanol–water partition coefficient (Wildman–Crippen LogP) is 1.61. The lowest BCUT2D eigenvalue weighted by Crippen LogP contribution is -2.36. The molecule has 3 rings (SSSR count). The Labute approximate surface area is 166 Å². The fraction of sp³-hybridized carbons (Fsp3) is 0.474. The number of alkyl halides is 2. The van der Waals surface area contributed by atoms with Gasteiger partial charge in [0.15, 0.2) is 5.82 Å². The van der Waals surface area contributed by atoms with E-state index in [-0.39, 0.29) is 18.9 Å². The number of nitrogens with two attached hydrogens (primary N) is 1. The highest BCUT2D eigenvalue weighted by atomic mass is 19.3. The quantitative estimate of drug-likeness (QED) is 0.614. The second-order valence-electron chi connectivity index (χ2n) is 7.29. The van der Waals surface area contributed by atoms with Crippen LogP contribution < -0.4 is 21.9 Å². The SMILES string of the molecule is Cc1nc(N)ccc1CNC(=O)Cn1c(C)cnc(NCC(F)(F)C2CC2)c1=O. The van der Waals surface area contributed by atoms with Gasteiger partial charge in [0.05, 0.1) is 6.54 Å². The maximum Gasteiger partial charge on any atom is 0.293 e. The summed E-state index contributed by atoms with van der Waals surface area (Å²) in [5.74, 6) is -3.72. The molecule has 0 bridgehead atoms. The molecule has 2 heterocycles. The van der Waals surface area contributed by atoms with Crippen molar-refractivity contribution in [3.8, 4) is 0 Å². The topological polar surface area (TPSA) is 115 Å². The van der Waals surface area contributed by atoms with Gasteiger partial charge in [-0.15, -0.1) is 0 Å². The van der Waals surface area contributed by atoms with Crippen molar-refractivity contribution in [2.45, 2.75) is 45.7 Å². The minimum absolute atomic E-state index is 0.192. The largest absolute Gasteiger partial charge is 0.384 e. The second-order valence-corrected chi connectivity index (χ2v) is 7.29. The van der Waals surface area contributed by atoms with Crippen molar-refractivity contribution in [2.24, 2.45) is 5.92 Å². The average Bonchev–Trinajstić information content (AvgIpc) is 3.49. The molecular formula is C19H24F2N6O2. The van der Waals surface area contributed by atoms with Crippen LogP contribution in [0.2, 0.25) is 0 Å². The Morgan fingerprint density at radius 3 is 2.72 bits per heavy atom. The summed E-state index contributed by atoms with van der Waals surface area (Å²) in [6, 6.07) is 3.41. The number of anilines is 2. The molecule has 29 heavy (non-hydrogen) atoms. The van der Waals surface area contributed by atoms with Crippen molar-refractivity contribution in [2.75, 3.05) is 17.6 Å². The van der Waals surface area contributed by atoms with Crippen LogP contribution in [0.25, 0.3) is 0 Å². The summed E-state index contributed by atoms with van der Waals surface area (Å²) in [6.07, 6.45) is 2.35. The molecule has 1 amide bonds. The van der Waals surface area contributed by atoms with Crippen molar-refractivity contribution in [3.05, 3.63) is 45.6 Å². The van der Waals surface area contributed by atoms with Crippen LogP contribution in [0, 0.1) is 19.8 Å². The Kier molecular flexibility index (Phi) is 5.81. The predicted molar refractivity (Wildman–Crippen MR) is 105 cm³/mol. The number of rotatable bonds is 8. The molecule has 1 saturated carbocycles. The lowest BCUT2D eigenvalue weighted by molar-refractivity contribution is -0.121. The van der Waals surface area contributed by atoms with E-state index in [1.807, 2.05) is 0 Å². The summed E-state index contributed by atoms with van der Waals surface area (Å²) in [7, 11) is 0. The van der Waals surface area contributed by atoms with Crippen molar-refractivity contribution in [1.82, 2.24) is 19.9 Å². The maximum atomic E-state index is 13.9. The van der Waals surface area contributed by atoms with Crippen LogP contribution in [0.15, 0.2) is 23.1 Å². The number of nitrogens with one attached hydrogen (secondary N) is 2. The Bertz CT molecular complexity index is 972. The van der Waals surface area contributed by atoms with Crippen molar-refractivity contribution in [3.63, 3.8) is 0 Å². The van der Waals surface area contributed by atoms with Gasteiger partial charge in [-0.3, -0.25) is 14.2 Å². The average molecular weight is 406 g/mol. The molecule has 0 aromatic carbocycles. The van der Waals surface area contributed by atoms with E-state index in [9.17, 15) is 18.4 Å². The third-order valence-corrected chi connectivity index (χ3v) is 4.91. The first-order valence-electron chi connectivity index (χ1n) is 9.34. The van der Waals surface area contributed by atoms with Gasteiger partial charge in [-0.1, -0.05) is 6.07 Å². The molecule has 2 aromatic rings. The number of carbonyl (C=O) groups excluding carboxylic acids is 1. The van der Waals surface area contributed by atoms with E-state index in [0.717, 1.165) is 5.56 Å². The van der Waals surface area contributed by atoms with Crippen LogP contribution in [-0.4, -0.2) is 32.9 Å². The van der Waals surface area contributed by atoms with E-state index in [0.29, 0.717) is 30.0 Å². The summed E-state index contributed by atoms with van der Waals surface area (Å²) < 4.78 is 28.9. The minimum Gasteiger partial charge on any atom is -0.384 e. The van der Waals surface area contributed by atoms with E-state index < -0.39 is 29.9 Å². The number of aromatic nitrogens is 3. The van der Waals surface area contributed by atoms with E-state index in [1.165, 1.54) is 10.8 Å². The van der Waals surface area contributed by atoms with Crippen molar-refractivity contribution < 1.29 is 13.6 Å². The molecule has 10 heteroatoms. The highest BCUT2D eigenvalue weighted by molar-refractivity contribution is 5.75. The third kappa shape index (κ3) is 5.07. The Balaban J connectivity index is 1.64. The lowest BCUT2D eigenvalue weighted by atomic mass is 10.2. The van der Waals surface area contributed by atoms with Gasteiger partial charge >= 0.3 is 0 Å². The Hall–Kier alpha value is -3.04. The molecule has 0 aliphatic heterocycles. The van der Waals surface area contributed by atoms with Crippen molar-refractivity contribution >= 4 is 17.5 Å². The number of nitrogen functional groups attached to an aromatic ring is 1. The molecule has 2 aromatic heterocycles. The molecule has 1 aliphatic rings. The second kappa shape index (κ2) is 8.14. The third-order valence-electron chi connectivity index (χ3n) is 4.91. The summed E-state index contributed by atoms with van der Waals surface area (Å²) in [4.78, 5) is 32.9. The number of halogens is 2.